The largest absolute Gasteiger partial charge is 0.330 e. The fraction of sp³-hybridized carbons (Fsp3) is 0.444. The van der Waals surface area contributed by atoms with Crippen molar-refractivity contribution in [2.45, 2.75) is 47.0 Å². The lowest BCUT2D eigenvalue weighted by atomic mass is 10.0. The van der Waals surface area contributed by atoms with Gasteiger partial charge in [0.2, 0.25) is 0 Å². The molecule has 2 N–H and O–H groups in total. The Bertz CT molecular complexity index is 589. The second kappa shape index (κ2) is 6.81. The lowest BCUT2D eigenvalue weighted by Gasteiger charge is -2.11. The van der Waals surface area contributed by atoms with Crippen molar-refractivity contribution in [1.29, 1.82) is 0 Å². The first-order chi connectivity index (χ1) is 9.99. The van der Waals surface area contributed by atoms with Gasteiger partial charge in [0.25, 0.3) is 0 Å². The van der Waals surface area contributed by atoms with Crippen LogP contribution in [0, 0.1) is 27.7 Å². The fourth-order valence-corrected chi connectivity index (χ4v) is 2.88. The van der Waals surface area contributed by atoms with E-state index in [1.165, 1.54) is 22.3 Å². The van der Waals surface area contributed by atoms with Crippen molar-refractivity contribution in [2.75, 3.05) is 6.54 Å². The molecular formula is C18H25N3. The monoisotopic (exact) mass is 283 g/mol. The molecule has 0 amide bonds. The van der Waals surface area contributed by atoms with E-state index in [1.54, 1.807) is 0 Å². The van der Waals surface area contributed by atoms with Crippen LogP contribution in [-0.2, 0) is 12.8 Å². The molecule has 1 aromatic carbocycles. The Morgan fingerprint density at radius 2 is 1.48 bits per heavy atom. The summed E-state index contributed by atoms with van der Waals surface area (Å²) in [6, 6.07) is 6.61. The Morgan fingerprint density at radius 3 is 2.00 bits per heavy atom. The summed E-state index contributed by atoms with van der Waals surface area (Å²) in [6.07, 6.45) is 2.75. The number of nitrogens with zero attached hydrogens (tertiary/aromatic N) is 2. The van der Waals surface area contributed by atoms with E-state index in [-0.39, 0.29) is 0 Å². The third-order valence-electron chi connectivity index (χ3n) is 3.74. The number of aromatic nitrogens is 2. The second-order valence-electron chi connectivity index (χ2n) is 5.85. The Labute approximate surface area is 127 Å². The summed E-state index contributed by atoms with van der Waals surface area (Å²) in [4.78, 5) is 9.38. The summed E-state index contributed by atoms with van der Waals surface area (Å²) in [5, 5.41) is 0. The minimum Gasteiger partial charge on any atom is -0.330 e. The molecule has 0 aliphatic rings. The van der Waals surface area contributed by atoms with Crippen molar-refractivity contribution >= 4 is 0 Å². The summed E-state index contributed by atoms with van der Waals surface area (Å²) in [5.74, 6) is 0.909. The number of hydrogen-bond donors (Lipinski definition) is 1. The molecule has 3 heteroatoms. The molecule has 0 unspecified atom stereocenters. The summed E-state index contributed by atoms with van der Waals surface area (Å²) in [5.41, 5.74) is 12.9. The summed E-state index contributed by atoms with van der Waals surface area (Å²) < 4.78 is 0. The Hall–Kier alpha value is -1.74. The molecule has 3 nitrogen and oxygen atoms in total. The van der Waals surface area contributed by atoms with Gasteiger partial charge in [-0.15, -0.1) is 0 Å². The molecule has 0 spiro atoms. The molecule has 0 atom stereocenters. The maximum atomic E-state index is 5.60. The topological polar surface area (TPSA) is 51.8 Å². The van der Waals surface area contributed by atoms with Crippen LogP contribution in [0.3, 0.4) is 0 Å². The first-order valence-corrected chi connectivity index (χ1v) is 7.60. The van der Waals surface area contributed by atoms with Gasteiger partial charge in [-0.3, -0.25) is 0 Å². The Kier molecular flexibility index (Phi) is 5.07. The van der Waals surface area contributed by atoms with Crippen molar-refractivity contribution in [3.63, 3.8) is 0 Å². The zero-order chi connectivity index (χ0) is 15.4. The highest BCUT2D eigenvalue weighted by Crippen LogP contribution is 2.16. The van der Waals surface area contributed by atoms with Crippen molar-refractivity contribution in [1.82, 2.24) is 9.97 Å². The van der Waals surface area contributed by atoms with Crippen LogP contribution >= 0.6 is 0 Å². The van der Waals surface area contributed by atoms with Crippen LogP contribution in [0.15, 0.2) is 18.2 Å². The van der Waals surface area contributed by atoms with E-state index in [1.807, 2.05) is 0 Å². The number of aryl methyl sites for hydroxylation is 4. The molecule has 0 saturated heterocycles. The lowest BCUT2D eigenvalue weighted by molar-refractivity contribution is 0.791. The zero-order valence-electron chi connectivity index (χ0n) is 13.5. The van der Waals surface area contributed by atoms with Gasteiger partial charge in [0.1, 0.15) is 5.82 Å². The second-order valence-corrected chi connectivity index (χ2v) is 5.85. The molecule has 112 valence electrons. The molecule has 0 saturated carbocycles. The van der Waals surface area contributed by atoms with Gasteiger partial charge in [0.15, 0.2) is 0 Å². The maximum Gasteiger partial charge on any atom is 0.133 e. The predicted molar refractivity (Wildman–Crippen MR) is 87.6 cm³/mol. The van der Waals surface area contributed by atoms with Gasteiger partial charge in [-0.25, -0.2) is 9.97 Å². The third-order valence-corrected chi connectivity index (χ3v) is 3.74. The molecule has 21 heavy (non-hydrogen) atoms. The highest BCUT2D eigenvalue weighted by Gasteiger charge is 2.09. The number of rotatable bonds is 5. The van der Waals surface area contributed by atoms with Crippen molar-refractivity contribution in [3.05, 3.63) is 57.7 Å². The fourth-order valence-electron chi connectivity index (χ4n) is 2.88. The maximum absolute atomic E-state index is 5.60. The third kappa shape index (κ3) is 4.11. The smallest absolute Gasteiger partial charge is 0.133 e. The van der Waals surface area contributed by atoms with Crippen LogP contribution in [0.25, 0.3) is 0 Å². The van der Waals surface area contributed by atoms with Crippen LogP contribution in [0.2, 0.25) is 0 Å². The highest BCUT2D eigenvalue weighted by atomic mass is 14.9. The van der Waals surface area contributed by atoms with Gasteiger partial charge in [0.05, 0.1) is 0 Å². The van der Waals surface area contributed by atoms with Crippen LogP contribution < -0.4 is 5.73 Å². The average Bonchev–Trinajstić information content (AvgIpc) is 2.36. The predicted octanol–water partition coefficient (Wildman–Crippen LogP) is 3.19. The van der Waals surface area contributed by atoms with Crippen molar-refractivity contribution in [2.24, 2.45) is 5.73 Å². The van der Waals surface area contributed by atoms with Crippen molar-refractivity contribution in [3.8, 4) is 0 Å². The van der Waals surface area contributed by atoms with Crippen LogP contribution in [0.1, 0.15) is 45.9 Å². The van der Waals surface area contributed by atoms with Gasteiger partial charge in [-0.05, 0) is 58.2 Å². The zero-order valence-corrected chi connectivity index (χ0v) is 13.5. The molecule has 0 bridgehead atoms. The van der Waals surface area contributed by atoms with Gasteiger partial charge < -0.3 is 5.73 Å². The molecule has 0 aliphatic heterocycles. The SMILES string of the molecule is Cc1cc(C)cc(Cc2nc(C)c(CCCN)c(C)n2)c1. The van der Waals surface area contributed by atoms with E-state index in [0.29, 0.717) is 6.54 Å². The average molecular weight is 283 g/mol. The van der Waals surface area contributed by atoms with E-state index in [9.17, 15) is 0 Å². The minimum absolute atomic E-state index is 0.712. The van der Waals surface area contributed by atoms with Crippen LogP contribution in [0.5, 0.6) is 0 Å². The van der Waals surface area contributed by atoms with E-state index in [2.05, 4.69) is 55.9 Å². The molecule has 1 heterocycles. The number of hydrogen-bond acceptors (Lipinski definition) is 3. The highest BCUT2D eigenvalue weighted by molar-refractivity contribution is 5.31. The first kappa shape index (κ1) is 15.6. The summed E-state index contributed by atoms with van der Waals surface area (Å²) in [6.45, 7) is 9.12. The molecule has 2 aromatic rings. The van der Waals surface area contributed by atoms with Gasteiger partial charge >= 0.3 is 0 Å². The van der Waals surface area contributed by atoms with E-state index in [4.69, 9.17) is 5.73 Å². The van der Waals surface area contributed by atoms with Gasteiger partial charge in [-0.2, -0.15) is 0 Å². The first-order valence-electron chi connectivity index (χ1n) is 7.60. The van der Waals surface area contributed by atoms with Gasteiger partial charge in [-0.1, -0.05) is 29.3 Å². The quantitative estimate of drug-likeness (QED) is 0.917. The van der Waals surface area contributed by atoms with E-state index >= 15 is 0 Å². The van der Waals surface area contributed by atoms with E-state index in [0.717, 1.165) is 36.5 Å². The van der Waals surface area contributed by atoms with Crippen LogP contribution in [0.4, 0.5) is 0 Å². The number of nitrogens with two attached hydrogens (primary N) is 1. The molecule has 2 rings (SSSR count). The molecular weight excluding hydrogens is 258 g/mol. The number of benzene rings is 1. The molecule has 0 fully saturated rings. The van der Waals surface area contributed by atoms with Crippen LogP contribution in [-0.4, -0.2) is 16.5 Å². The standard InChI is InChI=1S/C18H25N3/c1-12-8-13(2)10-16(9-12)11-18-20-14(3)17(6-5-7-19)15(4)21-18/h8-10H,5-7,11,19H2,1-4H3. The Morgan fingerprint density at radius 1 is 0.905 bits per heavy atom. The molecule has 0 aliphatic carbocycles. The van der Waals surface area contributed by atoms with Crippen molar-refractivity contribution < 1.29 is 0 Å². The Balaban J connectivity index is 2.25. The summed E-state index contributed by atoms with van der Waals surface area (Å²) >= 11 is 0. The lowest BCUT2D eigenvalue weighted by Crippen LogP contribution is -2.08. The normalized spacial score (nSPS) is 10.9. The minimum atomic E-state index is 0.712. The molecule has 0 radical (unpaired) electrons. The van der Waals surface area contributed by atoms with Gasteiger partial charge in [0, 0.05) is 17.8 Å². The van der Waals surface area contributed by atoms with E-state index < -0.39 is 0 Å². The summed E-state index contributed by atoms with van der Waals surface area (Å²) in [7, 11) is 0. The molecule has 1 aromatic heterocycles.